The molecule has 2 atom stereocenters. The lowest BCUT2D eigenvalue weighted by Crippen LogP contribution is -2.27. The summed E-state index contributed by atoms with van der Waals surface area (Å²) >= 11 is 5.87. The first kappa shape index (κ1) is 24.2. The van der Waals surface area contributed by atoms with E-state index in [9.17, 15) is 17.9 Å². The van der Waals surface area contributed by atoms with Crippen LogP contribution in [-0.4, -0.2) is 47.4 Å². The van der Waals surface area contributed by atoms with Crippen molar-refractivity contribution in [2.45, 2.75) is 45.6 Å². The molecule has 0 spiro atoms. The molecule has 0 bridgehead atoms. The van der Waals surface area contributed by atoms with Gasteiger partial charge in [-0.05, 0) is 29.9 Å². The molecule has 0 amide bonds. The highest BCUT2D eigenvalue weighted by Gasteiger charge is 2.19. The summed E-state index contributed by atoms with van der Waals surface area (Å²) in [5, 5.41) is 12.7. The van der Waals surface area contributed by atoms with Gasteiger partial charge in [0, 0.05) is 6.42 Å². The number of aliphatic hydroxyl groups excluding tert-OH is 1. The Morgan fingerprint density at radius 3 is 2.43 bits per heavy atom. The molecule has 1 aromatic carbocycles. The summed E-state index contributed by atoms with van der Waals surface area (Å²) in [5.74, 6) is -0.267. The molecule has 1 heterocycles. The highest BCUT2D eigenvalue weighted by Crippen LogP contribution is 2.27. The van der Waals surface area contributed by atoms with Crippen LogP contribution in [-0.2, 0) is 16.4 Å². The second-order valence-corrected chi connectivity index (χ2v) is 9.83. The molecule has 0 saturated carbocycles. The monoisotopic (exact) mass is 459 g/mol. The Labute approximate surface area is 181 Å². The van der Waals surface area contributed by atoms with Gasteiger partial charge in [-0.25, -0.2) is 12.8 Å². The molecule has 2 rings (SSSR count). The predicted molar refractivity (Wildman–Crippen MR) is 116 cm³/mol. The zero-order valence-electron chi connectivity index (χ0n) is 17.4. The van der Waals surface area contributed by atoms with E-state index in [2.05, 4.69) is 25.0 Å². The van der Waals surface area contributed by atoms with Crippen LogP contribution in [0.5, 0.6) is 0 Å². The Hall–Kier alpha value is -2.04. The molecule has 0 fully saturated rings. The van der Waals surface area contributed by atoms with E-state index in [1.807, 2.05) is 13.8 Å². The Balaban J connectivity index is 2.34. The van der Waals surface area contributed by atoms with Gasteiger partial charge in [0.15, 0.2) is 0 Å². The van der Waals surface area contributed by atoms with Crippen LogP contribution < -0.4 is 10.0 Å². The first-order valence-electron chi connectivity index (χ1n) is 9.52. The van der Waals surface area contributed by atoms with Gasteiger partial charge in [0.2, 0.25) is 21.9 Å². The van der Waals surface area contributed by atoms with E-state index < -0.39 is 15.8 Å². The Kier molecular flexibility index (Phi) is 8.34. The molecule has 8 nitrogen and oxygen atoms in total. The summed E-state index contributed by atoms with van der Waals surface area (Å²) < 4.78 is 39.9. The smallest absolute Gasteiger partial charge is 0.241 e. The molecule has 3 N–H and O–H groups in total. The lowest BCUT2D eigenvalue weighted by molar-refractivity contribution is 0.259. The number of rotatable bonds is 10. The molecule has 30 heavy (non-hydrogen) atoms. The third kappa shape index (κ3) is 7.33. The van der Waals surface area contributed by atoms with E-state index in [-0.39, 0.29) is 47.7 Å². The van der Waals surface area contributed by atoms with Crippen molar-refractivity contribution in [1.29, 1.82) is 0 Å². The SMILES string of the molecule is CC(C)C[C@H](CO)Nc1nc(C[C@@H](C)c2cccc(Cl)c2F)nc(NS(C)(=O)=O)n1. The molecule has 11 heteroatoms. The fourth-order valence-electron chi connectivity index (χ4n) is 3.00. The van der Waals surface area contributed by atoms with Crippen molar-refractivity contribution in [2.75, 3.05) is 22.9 Å². The van der Waals surface area contributed by atoms with Crippen LogP contribution in [0.15, 0.2) is 18.2 Å². The largest absolute Gasteiger partial charge is 0.394 e. The Bertz CT molecular complexity index is 975. The third-order valence-electron chi connectivity index (χ3n) is 4.27. The van der Waals surface area contributed by atoms with Gasteiger partial charge in [0.1, 0.15) is 11.6 Å². The number of hydrogen-bond acceptors (Lipinski definition) is 7. The van der Waals surface area contributed by atoms with Crippen molar-refractivity contribution in [2.24, 2.45) is 5.92 Å². The molecule has 1 aromatic heterocycles. The molecule has 0 radical (unpaired) electrons. The number of nitrogens with zero attached hydrogens (tertiary/aromatic N) is 3. The fourth-order valence-corrected chi connectivity index (χ4v) is 3.61. The van der Waals surface area contributed by atoms with Crippen molar-refractivity contribution in [3.63, 3.8) is 0 Å². The summed E-state index contributed by atoms with van der Waals surface area (Å²) in [6.07, 6.45) is 1.88. The number of aliphatic hydroxyl groups is 1. The van der Waals surface area contributed by atoms with Gasteiger partial charge in [0.05, 0.1) is 23.9 Å². The number of aromatic nitrogens is 3. The lowest BCUT2D eigenvalue weighted by atomic mass is 9.97. The van der Waals surface area contributed by atoms with E-state index in [1.54, 1.807) is 19.1 Å². The first-order valence-corrected chi connectivity index (χ1v) is 11.8. The average molecular weight is 460 g/mol. The number of halogens is 2. The topological polar surface area (TPSA) is 117 Å². The summed E-state index contributed by atoms with van der Waals surface area (Å²) in [6.45, 7) is 5.69. The van der Waals surface area contributed by atoms with Crippen LogP contribution in [0.25, 0.3) is 0 Å². The molecular weight excluding hydrogens is 433 g/mol. The third-order valence-corrected chi connectivity index (χ3v) is 5.11. The number of benzene rings is 1. The average Bonchev–Trinajstić information content (AvgIpc) is 2.61. The Morgan fingerprint density at radius 1 is 1.17 bits per heavy atom. The standard InChI is InChI=1S/C19H27ClFN5O3S/c1-11(2)8-13(10-27)22-18-23-16(24-19(25-18)26-30(4,28)29)9-12(3)14-6-5-7-15(20)17(14)21/h5-7,11-13,27H,8-10H2,1-4H3,(H2,22,23,24,25,26)/t12-,13-/m1/s1. The minimum Gasteiger partial charge on any atom is -0.394 e. The zero-order chi connectivity index (χ0) is 22.5. The molecule has 0 aliphatic rings. The van der Waals surface area contributed by atoms with Crippen molar-refractivity contribution >= 4 is 33.5 Å². The number of anilines is 2. The van der Waals surface area contributed by atoms with Gasteiger partial charge < -0.3 is 10.4 Å². The minimum atomic E-state index is -3.61. The highest BCUT2D eigenvalue weighted by molar-refractivity contribution is 7.91. The minimum absolute atomic E-state index is 0.0243. The highest BCUT2D eigenvalue weighted by atomic mass is 35.5. The van der Waals surface area contributed by atoms with Crippen LogP contribution >= 0.6 is 11.6 Å². The van der Waals surface area contributed by atoms with Gasteiger partial charge in [-0.3, -0.25) is 4.72 Å². The number of hydrogen-bond donors (Lipinski definition) is 3. The summed E-state index contributed by atoms with van der Waals surface area (Å²) in [7, 11) is -3.61. The van der Waals surface area contributed by atoms with Crippen LogP contribution in [0.3, 0.4) is 0 Å². The van der Waals surface area contributed by atoms with Gasteiger partial charge in [-0.2, -0.15) is 15.0 Å². The van der Waals surface area contributed by atoms with E-state index >= 15 is 0 Å². The second kappa shape index (κ2) is 10.3. The maximum absolute atomic E-state index is 14.4. The molecule has 0 unspecified atom stereocenters. The molecular formula is C19H27ClFN5O3S. The summed E-state index contributed by atoms with van der Waals surface area (Å²) in [5.41, 5.74) is 0.406. The van der Waals surface area contributed by atoms with Crippen molar-refractivity contribution < 1.29 is 17.9 Å². The number of sulfonamides is 1. The van der Waals surface area contributed by atoms with Gasteiger partial charge in [0.25, 0.3) is 0 Å². The maximum Gasteiger partial charge on any atom is 0.241 e. The van der Waals surface area contributed by atoms with Crippen molar-refractivity contribution in [1.82, 2.24) is 15.0 Å². The molecule has 166 valence electrons. The molecule has 2 aromatic rings. The predicted octanol–water partition coefficient (Wildman–Crippen LogP) is 3.20. The van der Waals surface area contributed by atoms with Gasteiger partial charge >= 0.3 is 0 Å². The van der Waals surface area contributed by atoms with E-state index in [0.29, 0.717) is 17.9 Å². The zero-order valence-corrected chi connectivity index (χ0v) is 18.9. The maximum atomic E-state index is 14.4. The van der Waals surface area contributed by atoms with Crippen molar-refractivity contribution in [3.05, 3.63) is 40.4 Å². The van der Waals surface area contributed by atoms with Crippen LogP contribution in [0.1, 0.15) is 44.5 Å². The van der Waals surface area contributed by atoms with E-state index in [0.717, 1.165) is 6.26 Å². The van der Waals surface area contributed by atoms with Crippen LogP contribution in [0.4, 0.5) is 16.3 Å². The van der Waals surface area contributed by atoms with E-state index in [4.69, 9.17) is 11.6 Å². The molecule has 0 aliphatic heterocycles. The van der Waals surface area contributed by atoms with Gasteiger partial charge in [-0.1, -0.05) is 44.5 Å². The molecule has 0 aliphatic carbocycles. The fraction of sp³-hybridized carbons (Fsp3) is 0.526. The summed E-state index contributed by atoms with van der Waals surface area (Å²) in [6, 6.07) is 4.45. The van der Waals surface area contributed by atoms with E-state index in [1.165, 1.54) is 6.07 Å². The second-order valence-electron chi connectivity index (χ2n) is 7.67. The van der Waals surface area contributed by atoms with Crippen LogP contribution in [0.2, 0.25) is 5.02 Å². The van der Waals surface area contributed by atoms with Crippen LogP contribution in [0, 0.1) is 11.7 Å². The van der Waals surface area contributed by atoms with Gasteiger partial charge in [-0.15, -0.1) is 0 Å². The summed E-state index contributed by atoms with van der Waals surface area (Å²) in [4.78, 5) is 12.6. The molecule has 0 saturated heterocycles. The lowest BCUT2D eigenvalue weighted by Gasteiger charge is -2.19. The first-order chi connectivity index (χ1) is 14.0. The van der Waals surface area contributed by atoms with Crippen molar-refractivity contribution in [3.8, 4) is 0 Å². The normalized spacial score (nSPS) is 13.9. The quantitative estimate of drug-likeness (QED) is 0.499. The number of nitrogens with one attached hydrogen (secondary N) is 2. The Morgan fingerprint density at radius 2 is 1.83 bits per heavy atom.